The van der Waals surface area contributed by atoms with Crippen molar-refractivity contribution in [3.8, 4) is 11.6 Å². The summed E-state index contributed by atoms with van der Waals surface area (Å²) in [5, 5.41) is 15.9. The van der Waals surface area contributed by atoms with Gasteiger partial charge >= 0.3 is 5.97 Å². The van der Waals surface area contributed by atoms with E-state index in [0.717, 1.165) is 5.56 Å². The number of furan rings is 1. The van der Waals surface area contributed by atoms with Crippen LogP contribution >= 0.6 is 0 Å². The fourth-order valence-corrected chi connectivity index (χ4v) is 2.63. The molecule has 0 aliphatic heterocycles. The lowest BCUT2D eigenvalue weighted by atomic mass is 9.94. The van der Waals surface area contributed by atoms with Crippen molar-refractivity contribution in [1.82, 2.24) is 15.5 Å². The van der Waals surface area contributed by atoms with Crippen molar-refractivity contribution in [2.45, 2.75) is 25.8 Å². The maximum atomic E-state index is 12.4. The minimum absolute atomic E-state index is 0.0927. The van der Waals surface area contributed by atoms with Gasteiger partial charge in [-0.2, -0.15) is 4.98 Å². The molecule has 8 heteroatoms. The Kier molecular flexibility index (Phi) is 5.65. The second-order valence-electron chi connectivity index (χ2n) is 6.07. The van der Waals surface area contributed by atoms with Crippen molar-refractivity contribution in [2.24, 2.45) is 5.92 Å². The van der Waals surface area contributed by atoms with Crippen LogP contribution in [0.4, 0.5) is 0 Å². The summed E-state index contributed by atoms with van der Waals surface area (Å²) in [5.41, 5.74) is 0.735. The minimum atomic E-state index is -0.982. The molecular weight excluding hydrogens is 350 g/mol. The van der Waals surface area contributed by atoms with Crippen LogP contribution in [0.5, 0.6) is 0 Å². The van der Waals surface area contributed by atoms with Gasteiger partial charge in [-0.25, -0.2) is 0 Å². The van der Waals surface area contributed by atoms with E-state index < -0.39 is 17.9 Å². The summed E-state index contributed by atoms with van der Waals surface area (Å²) < 4.78 is 10.3. The molecule has 0 aliphatic rings. The molecule has 0 spiro atoms. The quantitative estimate of drug-likeness (QED) is 0.626. The van der Waals surface area contributed by atoms with E-state index >= 15 is 0 Å². The molecule has 3 rings (SSSR count). The highest BCUT2D eigenvalue weighted by Gasteiger charge is 2.26. The molecule has 2 heterocycles. The molecule has 0 saturated heterocycles. The van der Waals surface area contributed by atoms with Crippen LogP contribution in [0.2, 0.25) is 0 Å². The Balaban J connectivity index is 1.62. The number of carboxylic acid groups (broad SMARTS) is 1. The minimum Gasteiger partial charge on any atom is -0.481 e. The Morgan fingerprint density at radius 2 is 1.96 bits per heavy atom. The molecule has 0 fully saturated rings. The van der Waals surface area contributed by atoms with Gasteiger partial charge in [-0.1, -0.05) is 35.5 Å². The van der Waals surface area contributed by atoms with Crippen LogP contribution in [-0.2, 0) is 16.0 Å². The number of carbonyl (C=O) groups excluding carboxylic acids is 1. The number of amides is 1. The number of nitrogens with one attached hydrogen (secondary N) is 1. The van der Waals surface area contributed by atoms with Gasteiger partial charge in [-0.3, -0.25) is 9.59 Å². The zero-order valence-corrected chi connectivity index (χ0v) is 14.7. The Morgan fingerprint density at radius 1 is 1.19 bits per heavy atom. The summed E-state index contributed by atoms with van der Waals surface area (Å²) in [4.78, 5) is 27.9. The SMILES string of the molecule is CC(C(=O)O)C(NC(=O)CCc1nc(-c2ccco2)no1)c1ccccc1. The predicted octanol–water partition coefficient (Wildman–Crippen LogP) is 2.84. The molecule has 0 aliphatic carbocycles. The van der Waals surface area contributed by atoms with Gasteiger partial charge in [-0.05, 0) is 24.6 Å². The third kappa shape index (κ3) is 4.60. The lowest BCUT2D eigenvalue weighted by molar-refractivity contribution is -0.142. The van der Waals surface area contributed by atoms with Gasteiger partial charge in [0.15, 0.2) is 5.76 Å². The first-order valence-electron chi connectivity index (χ1n) is 8.48. The van der Waals surface area contributed by atoms with Crippen LogP contribution in [0.3, 0.4) is 0 Å². The van der Waals surface area contributed by atoms with E-state index in [9.17, 15) is 14.7 Å². The van der Waals surface area contributed by atoms with Crippen molar-refractivity contribution in [3.63, 3.8) is 0 Å². The molecule has 8 nitrogen and oxygen atoms in total. The van der Waals surface area contributed by atoms with E-state index in [-0.39, 0.29) is 18.7 Å². The molecule has 1 amide bonds. The van der Waals surface area contributed by atoms with Crippen molar-refractivity contribution < 1.29 is 23.6 Å². The fraction of sp³-hybridized carbons (Fsp3) is 0.263. The number of hydrogen-bond acceptors (Lipinski definition) is 6. The molecule has 27 heavy (non-hydrogen) atoms. The number of aliphatic carboxylic acids is 1. The van der Waals surface area contributed by atoms with Crippen molar-refractivity contribution in [3.05, 3.63) is 60.2 Å². The summed E-state index contributed by atoms with van der Waals surface area (Å²) >= 11 is 0. The molecule has 2 atom stereocenters. The van der Waals surface area contributed by atoms with Crippen LogP contribution < -0.4 is 5.32 Å². The van der Waals surface area contributed by atoms with Crippen LogP contribution in [0.1, 0.15) is 30.8 Å². The second kappa shape index (κ2) is 8.31. The van der Waals surface area contributed by atoms with Gasteiger partial charge < -0.3 is 19.4 Å². The first-order valence-corrected chi connectivity index (χ1v) is 8.48. The highest BCUT2D eigenvalue weighted by molar-refractivity contribution is 5.78. The number of aryl methyl sites for hydroxylation is 1. The highest BCUT2D eigenvalue weighted by Crippen LogP contribution is 2.22. The zero-order chi connectivity index (χ0) is 19.2. The standard InChI is InChI=1S/C19H19N3O5/c1-12(19(24)25)17(13-6-3-2-4-7-13)20-15(23)9-10-16-21-18(22-27-16)14-8-5-11-26-14/h2-8,11-12,17H,9-10H2,1H3,(H,20,23)(H,24,25). The van der Waals surface area contributed by atoms with Gasteiger partial charge in [0.05, 0.1) is 18.2 Å². The zero-order valence-electron chi connectivity index (χ0n) is 14.7. The summed E-state index contributed by atoms with van der Waals surface area (Å²) in [6, 6.07) is 11.8. The first-order chi connectivity index (χ1) is 13.0. The smallest absolute Gasteiger partial charge is 0.308 e. The molecule has 140 valence electrons. The largest absolute Gasteiger partial charge is 0.481 e. The number of carbonyl (C=O) groups is 2. The van der Waals surface area contributed by atoms with Crippen LogP contribution in [-0.4, -0.2) is 27.1 Å². The third-order valence-electron chi connectivity index (χ3n) is 4.14. The van der Waals surface area contributed by atoms with Crippen molar-refractivity contribution in [1.29, 1.82) is 0 Å². The molecule has 0 bridgehead atoms. The third-order valence-corrected chi connectivity index (χ3v) is 4.14. The van der Waals surface area contributed by atoms with Gasteiger partial charge in [0.25, 0.3) is 0 Å². The number of carboxylic acids is 1. The van der Waals surface area contributed by atoms with Crippen LogP contribution in [0.25, 0.3) is 11.6 Å². The number of nitrogens with zero attached hydrogens (tertiary/aromatic N) is 2. The van der Waals surface area contributed by atoms with E-state index in [0.29, 0.717) is 17.5 Å². The number of aromatic nitrogens is 2. The second-order valence-corrected chi connectivity index (χ2v) is 6.07. The Labute approximate surface area is 155 Å². The van der Waals surface area contributed by atoms with E-state index in [1.54, 1.807) is 43.3 Å². The summed E-state index contributed by atoms with van der Waals surface area (Å²) in [6.45, 7) is 1.56. The van der Waals surface area contributed by atoms with Crippen LogP contribution in [0, 0.1) is 5.92 Å². The Morgan fingerprint density at radius 3 is 2.63 bits per heavy atom. The summed E-state index contributed by atoms with van der Waals surface area (Å²) in [7, 11) is 0. The Hall–Kier alpha value is -3.42. The van der Waals surface area contributed by atoms with Gasteiger partial charge in [0.1, 0.15) is 0 Å². The molecular formula is C19H19N3O5. The monoisotopic (exact) mass is 369 g/mol. The van der Waals surface area contributed by atoms with E-state index in [2.05, 4.69) is 15.5 Å². The topological polar surface area (TPSA) is 118 Å². The van der Waals surface area contributed by atoms with Gasteiger partial charge in [0, 0.05) is 12.8 Å². The molecule has 2 N–H and O–H groups in total. The molecule has 1 aromatic carbocycles. The van der Waals surface area contributed by atoms with Crippen LogP contribution in [0.15, 0.2) is 57.7 Å². The molecule has 3 aromatic rings. The normalized spacial score (nSPS) is 13.1. The van der Waals surface area contributed by atoms with Crippen molar-refractivity contribution >= 4 is 11.9 Å². The first kappa shape index (κ1) is 18.4. The molecule has 2 aromatic heterocycles. The van der Waals surface area contributed by atoms with Gasteiger partial charge in [-0.15, -0.1) is 0 Å². The average Bonchev–Trinajstić information content (AvgIpc) is 3.36. The molecule has 0 radical (unpaired) electrons. The summed E-state index contributed by atoms with van der Waals surface area (Å²) in [5.74, 6) is -0.950. The molecule has 2 unspecified atom stereocenters. The maximum Gasteiger partial charge on any atom is 0.308 e. The van der Waals surface area contributed by atoms with E-state index in [1.807, 2.05) is 6.07 Å². The van der Waals surface area contributed by atoms with E-state index in [4.69, 9.17) is 8.94 Å². The van der Waals surface area contributed by atoms with E-state index in [1.165, 1.54) is 6.26 Å². The summed E-state index contributed by atoms with van der Waals surface area (Å²) in [6.07, 6.45) is 1.84. The highest BCUT2D eigenvalue weighted by atomic mass is 16.5. The number of rotatable bonds is 8. The average molecular weight is 369 g/mol. The lowest BCUT2D eigenvalue weighted by Crippen LogP contribution is -2.35. The van der Waals surface area contributed by atoms with Gasteiger partial charge in [0.2, 0.25) is 17.6 Å². The number of benzene rings is 1. The Bertz CT molecular complexity index is 889. The van der Waals surface area contributed by atoms with Crippen molar-refractivity contribution in [2.75, 3.05) is 0 Å². The number of hydrogen-bond donors (Lipinski definition) is 2. The molecule has 0 saturated carbocycles. The predicted molar refractivity (Wildman–Crippen MR) is 94.4 cm³/mol. The lowest BCUT2D eigenvalue weighted by Gasteiger charge is -2.22. The maximum absolute atomic E-state index is 12.4. The fourth-order valence-electron chi connectivity index (χ4n) is 2.63.